The number of nitrogen functional groups attached to an aromatic ring is 1. The van der Waals surface area contributed by atoms with E-state index >= 15 is 0 Å². The number of hydrogen-bond donors (Lipinski definition) is 3. The highest BCUT2D eigenvalue weighted by molar-refractivity contribution is 5.95. The van der Waals surface area contributed by atoms with E-state index in [-0.39, 0.29) is 18.1 Å². The minimum atomic E-state index is -0.820. The number of aryl methyl sites for hydroxylation is 1. The van der Waals surface area contributed by atoms with Gasteiger partial charge < -0.3 is 15.8 Å². The Hall–Kier alpha value is -3.42. The molecular formula is C19H22N4O4. The molecule has 2 rings (SSSR count). The van der Waals surface area contributed by atoms with Crippen LogP contribution in [0.5, 0.6) is 0 Å². The number of benzene rings is 2. The number of nitro groups is 1. The van der Waals surface area contributed by atoms with Crippen molar-refractivity contribution in [2.24, 2.45) is 5.73 Å². The minimum Gasteiger partial charge on any atom is -0.464 e. The van der Waals surface area contributed by atoms with Crippen molar-refractivity contribution >= 4 is 23.2 Å². The van der Waals surface area contributed by atoms with E-state index in [0.29, 0.717) is 28.8 Å². The number of nitrogens with one attached hydrogen (secondary N) is 2. The third-order valence-corrected chi connectivity index (χ3v) is 4.04. The van der Waals surface area contributed by atoms with E-state index in [1.165, 1.54) is 6.07 Å². The molecule has 0 amide bonds. The van der Waals surface area contributed by atoms with E-state index in [4.69, 9.17) is 15.9 Å². The summed E-state index contributed by atoms with van der Waals surface area (Å²) in [7, 11) is 0. The number of nitrogens with zero attached hydrogens (tertiary/aromatic N) is 1. The Morgan fingerprint density at radius 1 is 1.26 bits per heavy atom. The second-order valence-corrected chi connectivity index (χ2v) is 5.82. The summed E-state index contributed by atoms with van der Waals surface area (Å²) >= 11 is 0. The number of nitrogens with two attached hydrogens (primary N) is 1. The van der Waals surface area contributed by atoms with E-state index in [9.17, 15) is 14.9 Å². The van der Waals surface area contributed by atoms with Crippen LogP contribution in [0.4, 0.5) is 11.4 Å². The van der Waals surface area contributed by atoms with Gasteiger partial charge in [-0.1, -0.05) is 6.92 Å². The van der Waals surface area contributed by atoms with Gasteiger partial charge in [0.05, 0.1) is 11.5 Å². The first-order valence-corrected chi connectivity index (χ1v) is 8.52. The van der Waals surface area contributed by atoms with Crippen LogP contribution in [0.25, 0.3) is 0 Å². The van der Waals surface area contributed by atoms with Gasteiger partial charge in [-0.25, -0.2) is 4.79 Å². The van der Waals surface area contributed by atoms with Crippen molar-refractivity contribution in [1.82, 2.24) is 0 Å². The maximum atomic E-state index is 12.5. The molecule has 0 saturated carbocycles. The Morgan fingerprint density at radius 2 is 1.93 bits per heavy atom. The zero-order chi connectivity index (χ0) is 20.0. The van der Waals surface area contributed by atoms with Gasteiger partial charge in [0.1, 0.15) is 5.84 Å². The largest absolute Gasteiger partial charge is 0.464 e. The number of anilines is 1. The molecule has 0 radical (unpaired) electrons. The van der Waals surface area contributed by atoms with Crippen molar-refractivity contribution in [3.63, 3.8) is 0 Å². The van der Waals surface area contributed by atoms with Crippen LogP contribution < -0.4 is 11.1 Å². The van der Waals surface area contributed by atoms with Crippen LogP contribution in [0.15, 0.2) is 42.5 Å². The smallest absolute Gasteiger partial charge is 0.333 e. The second-order valence-electron chi connectivity index (χ2n) is 5.82. The molecule has 2 aromatic carbocycles. The molecule has 0 aliphatic rings. The molecule has 0 spiro atoms. The third-order valence-electron chi connectivity index (χ3n) is 4.04. The lowest BCUT2D eigenvalue weighted by Gasteiger charge is -2.19. The van der Waals surface area contributed by atoms with Crippen LogP contribution in [-0.2, 0) is 16.0 Å². The maximum Gasteiger partial charge on any atom is 0.333 e. The van der Waals surface area contributed by atoms with Crippen molar-refractivity contribution < 1.29 is 14.5 Å². The monoisotopic (exact) mass is 370 g/mol. The Bertz CT molecular complexity index is 849. The summed E-state index contributed by atoms with van der Waals surface area (Å²) in [6.07, 6.45) is 0.465. The first-order valence-electron chi connectivity index (χ1n) is 8.52. The average Bonchev–Trinajstić information content (AvgIpc) is 2.65. The third kappa shape index (κ3) is 4.81. The van der Waals surface area contributed by atoms with Crippen molar-refractivity contribution in [2.45, 2.75) is 26.3 Å². The zero-order valence-electron chi connectivity index (χ0n) is 15.2. The molecule has 0 aliphatic carbocycles. The molecule has 0 aliphatic heterocycles. The number of carbonyl (C=O) groups is 1. The Balaban J connectivity index is 2.38. The molecule has 27 heavy (non-hydrogen) atoms. The fraction of sp³-hybridized carbons (Fsp3) is 0.263. The van der Waals surface area contributed by atoms with Gasteiger partial charge in [-0.05, 0) is 55.3 Å². The van der Waals surface area contributed by atoms with Gasteiger partial charge in [0.15, 0.2) is 6.04 Å². The topological polar surface area (TPSA) is 131 Å². The molecule has 2 aromatic rings. The van der Waals surface area contributed by atoms with Gasteiger partial charge in [-0.2, -0.15) is 0 Å². The fourth-order valence-electron chi connectivity index (χ4n) is 2.66. The molecule has 1 atom stereocenters. The van der Waals surface area contributed by atoms with E-state index in [1.54, 1.807) is 43.3 Å². The van der Waals surface area contributed by atoms with Crippen LogP contribution in [-0.4, -0.2) is 23.3 Å². The lowest BCUT2D eigenvalue weighted by molar-refractivity contribution is -0.385. The molecule has 8 heteroatoms. The van der Waals surface area contributed by atoms with Crippen molar-refractivity contribution in [2.75, 3.05) is 11.9 Å². The molecular weight excluding hydrogens is 348 g/mol. The predicted molar refractivity (Wildman–Crippen MR) is 103 cm³/mol. The maximum absolute atomic E-state index is 12.5. The second kappa shape index (κ2) is 8.79. The van der Waals surface area contributed by atoms with Crippen molar-refractivity contribution in [3.8, 4) is 0 Å². The summed E-state index contributed by atoms with van der Waals surface area (Å²) in [6.45, 7) is 3.75. The lowest BCUT2D eigenvalue weighted by Crippen LogP contribution is -2.23. The van der Waals surface area contributed by atoms with Crippen molar-refractivity contribution in [3.05, 3.63) is 69.3 Å². The predicted octanol–water partition coefficient (Wildman–Crippen LogP) is 3.16. The molecule has 0 aromatic heterocycles. The molecule has 0 bridgehead atoms. The molecule has 4 N–H and O–H groups in total. The van der Waals surface area contributed by atoms with Gasteiger partial charge >= 0.3 is 5.97 Å². The van der Waals surface area contributed by atoms with Crippen LogP contribution in [0.3, 0.4) is 0 Å². The van der Waals surface area contributed by atoms with Gasteiger partial charge in [0, 0.05) is 22.9 Å². The SMILES string of the molecule is CCOC(=O)C(Nc1ccc(C(=N)N)cc1)c1ccc([N+](=O)[O-])c(CC)c1. The van der Waals surface area contributed by atoms with E-state index < -0.39 is 16.9 Å². The molecule has 1 unspecified atom stereocenters. The summed E-state index contributed by atoms with van der Waals surface area (Å²) in [4.78, 5) is 23.2. The summed E-state index contributed by atoms with van der Waals surface area (Å²) < 4.78 is 5.15. The molecule has 0 saturated heterocycles. The molecule has 0 fully saturated rings. The van der Waals surface area contributed by atoms with E-state index in [0.717, 1.165) is 0 Å². The van der Waals surface area contributed by atoms with Crippen LogP contribution >= 0.6 is 0 Å². The van der Waals surface area contributed by atoms with Gasteiger partial charge in [-0.15, -0.1) is 0 Å². The first kappa shape index (κ1) is 19.9. The zero-order valence-corrected chi connectivity index (χ0v) is 15.2. The normalized spacial score (nSPS) is 11.5. The summed E-state index contributed by atoms with van der Waals surface area (Å²) in [5.74, 6) is -0.532. The van der Waals surface area contributed by atoms with Crippen LogP contribution in [0, 0.1) is 15.5 Å². The van der Waals surface area contributed by atoms with Gasteiger partial charge in [0.2, 0.25) is 0 Å². The number of carbonyl (C=O) groups excluding carboxylic acids is 1. The quantitative estimate of drug-likeness (QED) is 0.215. The highest BCUT2D eigenvalue weighted by Gasteiger charge is 2.24. The number of nitro benzene ring substituents is 1. The van der Waals surface area contributed by atoms with Crippen molar-refractivity contribution in [1.29, 1.82) is 5.41 Å². The highest BCUT2D eigenvalue weighted by atomic mass is 16.6. The summed E-state index contributed by atoms with van der Waals surface area (Å²) in [5, 5.41) is 21.7. The number of esters is 1. The Labute approximate surface area is 157 Å². The molecule has 8 nitrogen and oxygen atoms in total. The summed E-state index contributed by atoms with van der Waals surface area (Å²) in [6, 6.07) is 10.5. The van der Waals surface area contributed by atoms with Crippen LogP contribution in [0.1, 0.15) is 36.6 Å². The van der Waals surface area contributed by atoms with E-state index in [2.05, 4.69) is 5.32 Å². The van der Waals surface area contributed by atoms with Gasteiger partial charge in [-0.3, -0.25) is 15.5 Å². The number of amidine groups is 1. The number of hydrogen-bond acceptors (Lipinski definition) is 6. The molecule has 142 valence electrons. The first-order chi connectivity index (χ1) is 12.9. The Kier molecular flexibility index (Phi) is 6.48. The summed E-state index contributed by atoms with van der Waals surface area (Å²) in [5.41, 5.74) is 7.79. The number of rotatable bonds is 8. The standard InChI is InChI=1S/C19H22N4O4/c1-3-12-11-14(7-10-16(12)23(25)26)17(19(24)27-4-2)22-15-8-5-13(6-9-15)18(20)21/h5-11,17,22H,3-4H2,1-2H3,(H3,20,21). The Morgan fingerprint density at radius 3 is 2.44 bits per heavy atom. The van der Waals surface area contributed by atoms with Crippen LogP contribution in [0.2, 0.25) is 0 Å². The van der Waals surface area contributed by atoms with E-state index in [1.807, 2.05) is 6.92 Å². The number of ether oxygens (including phenoxy) is 1. The minimum absolute atomic E-state index is 0.0228. The van der Waals surface area contributed by atoms with Gasteiger partial charge in [0.25, 0.3) is 5.69 Å². The average molecular weight is 370 g/mol. The lowest BCUT2D eigenvalue weighted by atomic mass is 10.0. The molecule has 0 heterocycles. The highest BCUT2D eigenvalue weighted by Crippen LogP contribution is 2.27. The fourth-order valence-corrected chi connectivity index (χ4v) is 2.66.